The van der Waals surface area contributed by atoms with Gasteiger partial charge < -0.3 is 18.9 Å². The van der Waals surface area contributed by atoms with Crippen molar-refractivity contribution in [1.82, 2.24) is 19.5 Å². The van der Waals surface area contributed by atoms with Gasteiger partial charge in [0, 0.05) is 57.4 Å². The topological polar surface area (TPSA) is 65.3 Å². The second kappa shape index (κ2) is 7.49. The van der Waals surface area contributed by atoms with Crippen molar-refractivity contribution in [3.63, 3.8) is 0 Å². The van der Waals surface area contributed by atoms with Crippen LogP contribution in [0.3, 0.4) is 0 Å². The third kappa shape index (κ3) is 3.67. The standard InChI is InChI=1S/C18H25N5O2/c1-22-13-21-16-10-23(18-19-5-2-6-20-18)9-15(17(16)22)12-25-11-14-3-7-24-8-4-14/h2,5-6,13-15H,3-4,7-12H2,1H3. The Labute approximate surface area is 148 Å². The summed E-state index contributed by atoms with van der Waals surface area (Å²) in [7, 11) is 2.06. The van der Waals surface area contributed by atoms with Crippen LogP contribution in [0.15, 0.2) is 24.8 Å². The fraction of sp³-hybridized carbons (Fsp3) is 0.611. The lowest BCUT2D eigenvalue weighted by Crippen LogP contribution is -2.37. The first-order chi connectivity index (χ1) is 12.3. The minimum absolute atomic E-state index is 0.278. The predicted molar refractivity (Wildman–Crippen MR) is 93.4 cm³/mol. The predicted octanol–water partition coefficient (Wildman–Crippen LogP) is 1.76. The minimum Gasteiger partial charge on any atom is -0.381 e. The van der Waals surface area contributed by atoms with E-state index in [1.165, 1.54) is 5.69 Å². The van der Waals surface area contributed by atoms with Gasteiger partial charge in [-0.25, -0.2) is 15.0 Å². The SMILES string of the molecule is Cn1cnc2c1C(COCC1CCOCC1)CN(c1ncccn1)C2. The molecule has 25 heavy (non-hydrogen) atoms. The Morgan fingerprint density at radius 2 is 1.96 bits per heavy atom. The molecule has 7 nitrogen and oxygen atoms in total. The van der Waals surface area contributed by atoms with Gasteiger partial charge in [-0.15, -0.1) is 0 Å². The number of aryl methyl sites for hydroxylation is 1. The molecule has 0 N–H and O–H groups in total. The molecule has 0 bridgehead atoms. The highest BCUT2D eigenvalue weighted by Crippen LogP contribution is 2.29. The maximum atomic E-state index is 6.11. The Morgan fingerprint density at radius 3 is 2.76 bits per heavy atom. The number of hydrogen-bond donors (Lipinski definition) is 0. The van der Waals surface area contributed by atoms with E-state index in [1.807, 2.05) is 12.4 Å². The van der Waals surface area contributed by atoms with E-state index in [1.54, 1.807) is 12.4 Å². The van der Waals surface area contributed by atoms with Crippen LogP contribution in [-0.4, -0.2) is 52.5 Å². The average molecular weight is 343 g/mol. The molecule has 2 aromatic rings. The molecule has 4 rings (SSSR count). The molecular formula is C18H25N5O2. The molecule has 0 saturated carbocycles. The van der Waals surface area contributed by atoms with Crippen LogP contribution in [0.2, 0.25) is 0 Å². The van der Waals surface area contributed by atoms with Gasteiger partial charge in [0.1, 0.15) is 0 Å². The van der Waals surface area contributed by atoms with E-state index in [-0.39, 0.29) is 5.92 Å². The van der Waals surface area contributed by atoms with Crippen molar-refractivity contribution in [1.29, 1.82) is 0 Å². The van der Waals surface area contributed by atoms with Gasteiger partial charge in [0.05, 0.1) is 25.2 Å². The number of ether oxygens (including phenoxy) is 2. The fourth-order valence-corrected chi connectivity index (χ4v) is 3.76. The minimum atomic E-state index is 0.278. The Bertz CT molecular complexity index is 684. The maximum Gasteiger partial charge on any atom is 0.225 e. The molecule has 0 radical (unpaired) electrons. The maximum absolute atomic E-state index is 6.11. The Kier molecular flexibility index (Phi) is 4.94. The van der Waals surface area contributed by atoms with Crippen molar-refractivity contribution in [2.75, 3.05) is 37.9 Å². The van der Waals surface area contributed by atoms with Crippen LogP contribution in [0.5, 0.6) is 0 Å². The molecule has 2 aliphatic heterocycles. The van der Waals surface area contributed by atoms with Crippen LogP contribution >= 0.6 is 0 Å². The summed E-state index contributed by atoms with van der Waals surface area (Å²) in [5.41, 5.74) is 2.38. The van der Waals surface area contributed by atoms with Gasteiger partial charge in [0.15, 0.2) is 0 Å². The summed E-state index contributed by atoms with van der Waals surface area (Å²) < 4.78 is 13.7. The molecule has 1 atom stereocenters. The molecule has 2 aliphatic rings. The first-order valence-corrected chi connectivity index (χ1v) is 8.99. The van der Waals surface area contributed by atoms with E-state index in [0.29, 0.717) is 12.5 Å². The van der Waals surface area contributed by atoms with Gasteiger partial charge >= 0.3 is 0 Å². The molecule has 0 spiro atoms. The van der Waals surface area contributed by atoms with Crippen molar-refractivity contribution >= 4 is 5.95 Å². The fourth-order valence-electron chi connectivity index (χ4n) is 3.76. The summed E-state index contributed by atoms with van der Waals surface area (Å²) in [6.45, 7) is 4.84. The van der Waals surface area contributed by atoms with E-state index in [4.69, 9.17) is 9.47 Å². The number of fused-ring (bicyclic) bond motifs is 1. The number of aromatic nitrogens is 4. The van der Waals surface area contributed by atoms with Crippen LogP contribution < -0.4 is 4.90 Å². The highest BCUT2D eigenvalue weighted by Gasteiger charge is 2.30. The summed E-state index contributed by atoms with van der Waals surface area (Å²) >= 11 is 0. The van der Waals surface area contributed by atoms with E-state index in [2.05, 4.69) is 31.5 Å². The zero-order valence-electron chi connectivity index (χ0n) is 14.7. The van der Waals surface area contributed by atoms with Gasteiger partial charge in [-0.05, 0) is 24.8 Å². The van der Waals surface area contributed by atoms with Gasteiger partial charge in [-0.2, -0.15) is 0 Å². The van der Waals surface area contributed by atoms with Crippen molar-refractivity contribution in [2.24, 2.45) is 13.0 Å². The third-order valence-corrected chi connectivity index (χ3v) is 5.08. The first-order valence-electron chi connectivity index (χ1n) is 8.99. The lowest BCUT2D eigenvalue weighted by atomic mass is 9.98. The second-order valence-corrected chi connectivity index (χ2v) is 6.91. The van der Waals surface area contributed by atoms with E-state index in [0.717, 1.165) is 57.4 Å². The zero-order chi connectivity index (χ0) is 17.1. The summed E-state index contributed by atoms with van der Waals surface area (Å²) in [6.07, 6.45) is 7.67. The number of rotatable bonds is 5. The summed E-state index contributed by atoms with van der Waals surface area (Å²) in [4.78, 5) is 15.6. The molecule has 1 fully saturated rings. The number of nitrogens with zero attached hydrogens (tertiary/aromatic N) is 5. The van der Waals surface area contributed by atoms with Crippen LogP contribution in [0.1, 0.15) is 30.1 Å². The third-order valence-electron chi connectivity index (χ3n) is 5.08. The second-order valence-electron chi connectivity index (χ2n) is 6.91. The normalized spacial score (nSPS) is 21.3. The number of anilines is 1. The van der Waals surface area contributed by atoms with E-state index in [9.17, 15) is 0 Å². The van der Waals surface area contributed by atoms with Crippen LogP contribution in [0.4, 0.5) is 5.95 Å². The molecule has 0 aliphatic carbocycles. The largest absolute Gasteiger partial charge is 0.381 e. The lowest BCUT2D eigenvalue weighted by Gasteiger charge is -2.33. The molecule has 1 unspecified atom stereocenters. The Hall–Kier alpha value is -1.99. The molecule has 7 heteroatoms. The molecular weight excluding hydrogens is 318 g/mol. The highest BCUT2D eigenvalue weighted by molar-refractivity contribution is 5.37. The van der Waals surface area contributed by atoms with Crippen LogP contribution in [0.25, 0.3) is 0 Å². The first kappa shape index (κ1) is 16.5. The Balaban J connectivity index is 1.44. The van der Waals surface area contributed by atoms with Gasteiger partial charge in [0.25, 0.3) is 0 Å². The van der Waals surface area contributed by atoms with Crippen LogP contribution in [-0.2, 0) is 23.1 Å². The lowest BCUT2D eigenvalue weighted by molar-refractivity contribution is 0.0168. The van der Waals surface area contributed by atoms with E-state index >= 15 is 0 Å². The van der Waals surface area contributed by atoms with Crippen molar-refractivity contribution in [3.05, 3.63) is 36.2 Å². The van der Waals surface area contributed by atoms with Crippen molar-refractivity contribution in [2.45, 2.75) is 25.3 Å². The molecule has 0 aromatic carbocycles. The summed E-state index contributed by atoms with van der Waals surface area (Å²) in [6, 6.07) is 1.84. The molecule has 134 valence electrons. The quantitative estimate of drug-likeness (QED) is 0.824. The Morgan fingerprint density at radius 1 is 1.16 bits per heavy atom. The van der Waals surface area contributed by atoms with E-state index < -0.39 is 0 Å². The number of imidazole rings is 1. The highest BCUT2D eigenvalue weighted by atomic mass is 16.5. The van der Waals surface area contributed by atoms with Crippen LogP contribution in [0, 0.1) is 5.92 Å². The monoisotopic (exact) mass is 343 g/mol. The zero-order valence-corrected chi connectivity index (χ0v) is 14.7. The summed E-state index contributed by atoms with van der Waals surface area (Å²) in [5, 5.41) is 0. The van der Waals surface area contributed by atoms with Gasteiger partial charge in [-0.3, -0.25) is 0 Å². The molecule has 1 saturated heterocycles. The van der Waals surface area contributed by atoms with Crippen molar-refractivity contribution in [3.8, 4) is 0 Å². The smallest absolute Gasteiger partial charge is 0.225 e. The average Bonchev–Trinajstić information content (AvgIpc) is 3.04. The molecule has 2 aromatic heterocycles. The molecule has 4 heterocycles. The van der Waals surface area contributed by atoms with Gasteiger partial charge in [-0.1, -0.05) is 0 Å². The summed E-state index contributed by atoms with van der Waals surface area (Å²) in [5.74, 6) is 1.66. The van der Waals surface area contributed by atoms with Gasteiger partial charge in [0.2, 0.25) is 5.95 Å². The van der Waals surface area contributed by atoms with Crippen molar-refractivity contribution < 1.29 is 9.47 Å². The number of hydrogen-bond acceptors (Lipinski definition) is 6. The molecule has 0 amide bonds.